The van der Waals surface area contributed by atoms with Crippen molar-refractivity contribution in [3.05, 3.63) is 44.6 Å². The third-order valence-corrected chi connectivity index (χ3v) is 6.96. The molecule has 0 radical (unpaired) electrons. The van der Waals surface area contributed by atoms with Gasteiger partial charge in [0.05, 0.1) is 4.90 Å². The first-order valence-corrected chi connectivity index (χ1v) is 9.20. The van der Waals surface area contributed by atoms with E-state index < -0.39 is 10.0 Å². The van der Waals surface area contributed by atoms with Crippen LogP contribution in [0, 0.1) is 0 Å². The molecule has 0 saturated carbocycles. The molecule has 20 heavy (non-hydrogen) atoms. The highest BCUT2D eigenvalue weighted by Crippen LogP contribution is 2.30. The Morgan fingerprint density at radius 3 is 2.85 bits per heavy atom. The molecular weight excluding hydrogens is 360 g/mol. The van der Waals surface area contributed by atoms with E-state index in [0.29, 0.717) is 23.2 Å². The number of nitrogens with zero attached hydrogens (tertiary/aromatic N) is 1. The Kier molecular flexibility index (Phi) is 3.62. The van der Waals surface area contributed by atoms with E-state index in [1.54, 1.807) is 23.5 Å². The van der Waals surface area contributed by atoms with Crippen molar-refractivity contribution in [3.8, 4) is 0 Å². The Balaban J connectivity index is 1.95. The Labute approximate surface area is 130 Å². The summed E-state index contributed by atoms with van der Waals surface area (Å²) in [4.78, 5) is 1.53. The lowest BCUT2D eigenvalue weighted by Crippen LogP contribution is -2.35. The average molecular weight is 373 g/mol. The van der Waals surface area contributed by atoms with Crippen molar-refractivity contribution in [2.45, 2.75) is 17.9 Å². The van der Waals surface area contributed by atoms with E-state index in [-0.39, 0.29) is 4.90 Å². The van der Waals surface area contributed by atoms with Gasteiger partial charge >= 0.3 is 0 Å². The van der Waals surface area contributed by atoms with Crippen LogP contribution in [0.3, 0.4) is 0 Å². The van der Waals surface area contributed by atoms with Gasteiger partial charge in [0.1, 0.15) is 0 Å². The van der Waals surface area contributed by atoms with Crippen molar-refractivity contribution in [3.63, 3.8) is 0 Å². The van der Waals surface area contributed by atoms with Crippen LogP contribution in [0.1, 0.15) is 10.4 Å². The molecule has 0 aliphatic carbocycles. The fraction of sp³-hybridized carbons (Fsp3) is 0.231. The maximum Gasteiger partial charge on any atom is 0.243 e. The maximum absolute atomic E-state index is 12.6. The molecular formula is C13H13BrN2O2S2. The molecule has 0 bridgehead atoms. The SMILES string of the molecule is Nc1cc(S(=O)(=O)N2CCc3sccc3C2)ccc1Br. The molecule has 0 fully saturated rings. The zero-order chi connectivity index (χ0) is 14.3. The number of rotatable bonds is 2. The van der Waals surface area contributed by atoms with Gasteiger partial charge in [-0.2, -0.15) is 4.31 Å². The molecule has 2 N–H and O–H groups in total. The summed E-state index contributed by atoms with van der Waals surface area (Å²) >= 11 is 4.97. The number of halogens is 1. The molecule has 2 aromatic rings. The molecule has 0 unspecified atom stereocenters. The third-order valence-electron chi connectivity index (χ3n) is 3.38. The molecule has 1 aromatic carbocycles. The molecule has 2 heterocycles. The van der Waals surface area contributed by atoms with Gasteiger partial charge in [-0.05, 0) is 57.6 Å². The first kappa shape index (κ1) is 14.1. The van der Waals surface area contributed by atoms with Gasteiger partial charge in [-0.15, -0.1) is 11.3 Å². The summed E-state index contributed by atoms with van der Waals surface area (Å²) in [6.07, 6.45) is 0.776. The smallest absolute Gasteiger partial charge is 0.243 e. The molecule has 0 atom stereocenters. The molecule has 0 amide bonds. The zero-order valence-electron chi connectivity index (χ0n) is 10.5. The molecule has 7 heteroatoms. The number of nitrogens with two attached hydrogens (primary N) is 1. The van der Waals surface area contributed by atoms with E-state index >= 15 is 0 Å². The van der Waals surface area contributed by atoms with E-state index in [2.05, 4.69) is 15.9 Å². The van der Waals surface area contributed by atoms with Crippen molar-refractivity contribution >= 4 is 43.0 Å². The van der Waals surface area contributed by atoms with Crippen LogP contribution in [-0.4, -0.2) is 19.3 Å². The Bertz CT molecular complexity index is 755. The highest BCUT2D eigenvalue weighted by molar-refractivity contribution is 9.10. The summed E-state index contributed by atoms with van der Waals surface area (Å²) in [5, 5.41) is 2.01. The van der Waals surface area contributed by atoms with Crippen molar-refractivity contribution < 1.29 is 8.42 Å². The molecule has 1 aliphatic rings. The minimum atomic E-state index is -3.48. The molecule has 106 valence electrons. The van der Waals surface area contributed by atoms with E-state index in [1.807, 2.05) is 11.4 Å². The largest absolute Gasteiger partial charge is 0.398 e. The molecule has 3 rings (SSSR count). The van der Waals surface area contributed by atoms with Crippen molar-refractivity contribution in [2.24, 2.45) is 0 Å². The van der Waals surface area contributed by atoms with Crippen LogP contribution in [-0.2, 0) is 23.0 Å². The normalized spacial score (nSPS) is 16.1. The van der Waals surface area contributed by atoms with Crippen molar-refractivity contribution in [2.75, 3.05) is 12.3 Å². The second-order valence-electron chi connectivity index (χ2n) is 4.64. The predicted molar refractivity (Wildman–Crippen MR) is 84.2 cm³/mol. The summed E-state index contributed by atoms with van der Waals surface area (Å²) in [5.74, 6) is 0. The van der Waals surface area contributed by atoms with E-state index in [4.69, 9.17) is 5.73 Å². The minimum absolute atomic E-state index is 0.247. The van der Waals surface area contributed by atoms with Crippen LogP contribution < -0.4 is 5.73 Å². The summed E-state index contributed by atoms with van der Waals surface area (Å²) in [6, 6.07) is 6.75. The molecule has 1 aromatic heterocycles. The van der Waals surface area contributed by atoms with E-state index in [9.17, 15) is 8.42 Å². The number of sulfonamides is 1. The van der Waals surface area contributed by atoms with Crippen LogP contribution in [0.5, 0.6) is 0 Å². The third kappa shape index (κ3) is 2.39. The van der Waals surface area contributed by atoms with Crippen LogP contribution in [0.2, 0.25) is 0 Å². The Hall–Kier alpha value is -0.890. The van der Waals surface area contributed by atoms with Gasteiger partial charge in [0.25, 0.3) is 0 Å². The minimum Gasteiger partial charge on any atom is -0.398 e. The molecule has 0 saturated heterocycles. The number of thiophene rings is 1. The monoisotopic (exact) mass is 372 g/mol. The zero-order valence-corrected chi connectivity index (χ0v) is 13.8. The van der Waals surface area contributed by atoms with Gasteiger partial charge in [0.15, 0.2) is 0 Å². The van der Waals surface area contributed by atoms with Crippen LogP contribution in [0.4, 0.5) is 5.69 Å². The highest BCUT2D eigenvalue weighted by atomic mass is 79.9. The van der Waals surface area contributed by atoms with E-state index in [1.165, 1.54) is 15.2 Å². The lowest BCUT2D eigenvalue weighted by atomic mass is 10.1. The van der Waals surface area contributed by atoms with Gasteiger partial charge < -0.3 is 5.73 Å². The molecule has 0 spiro atoms. The summed E-state index contributed by atoms with van der Waals surface area (Å²) in [6.45, 7) is 0.961. The first-order chi connectivity index (χ1) is 9.48. The topological polar surface area (TPSA) is 63.4 Å². The van der Waals surface area contributed by atoms with Crippen molar-refractivity contribution in [1.82, 2.24) is 4.31 Å². The van der Waals surface area contributed by atoms with Crippen LogP contribution >= 0.6 is 27.3 Å². The fourth-order valence-corrected chi connectivity index (χ4v) is 4.85. The summed E-state index contributed by atoms with van der Waals surface area (Å²) in [5.41, 5.74) is 7.32. The standard InChI is InChI=1S/C13H13BrN2O2S2/c14-11-2-1-10(7-12(11)15)20(17,18)16-5-3-13-9(8-16)4-6-19-13/h1-2,4,6-7H,3,5,8,15H2. The molecule has 1 aliphatic heterocycles. The summed E-state index contributed by atoms with van der Waals surface area (Å²) in [7, 11) is -3.48. The van der Waals surface area contributed by atoms with Crippen LogP contribution in [0.25, 0.3) is 0 Å². The van der Waals surface area contributed by atoms with Gasteiger partial charge in [-0.1, -0.05) is 0 Å². The van der Waals surface area contributed by atoms with Crippen LogP contribution in [0.15, 0.2) is 39.0 Å². The van der Waals surface area contributed by atoms with Gasteiger partial charge in [-0.3, -0.25) is 0 Å². The Morgan fingerprint density at radius 1 is 1.30 bits per heavy atom. The number of anilines is 1. The number of benzene rings is 1. The highest BCUT2D eigenvalue weighted by Gasteiger charge is 2.29. The van der Waals surface area contributed by atoms with Crippen molar-refractivity contribution in [1.29, 1.82) is 0 Å². The predicted octanol–water partition coefficient (Wildman–Crippen LogP) is 2.84. The fourth-order valence-electron chi connectivity index (χ4n) is 2.26. The van der Waals surface area contributed by atoms with Gasteiger partial charge in [-0.25, -0.2) is 8.42 Å². The lowest BCUT2D eigenvalue weighted by molar-refractivity contribution is 0.394. The number of hydrogen-bond donors (Lipinski definition) is 1. The number of hydrogen-bond acceptors (Lipinski definition) is 4. The Morgan fingerprint density at radius 2 is 2.10 bits per heavy atom. The quantitative estimate of drug-likeness (QED) is 0.824. The molecule has 4 nitrogen and oxygen atoms in total. The van der Waals surface area contributed by atoms with Gasteiger partial charge in [0, 0.05) is 28.1 Å². The number of nitrogen functional groups attached to an aromatic ring is 1. The van der Waals surface area contributed by atoms with Gasteiger partial charge in [0.2, 0.25) is 10.0 Å². The van der Waals surface area contributed by atoms with E-state index in [0.717, 1.165) is 12.0 Å². The average Bonchev–Trinajstić information content (AvgIpc) is 2.89. The first-order valence-electron chi connectivity index (χ1n) is 6.09. The number of fused-ring (bicyclic) bond motifs is 1. The summed E-state index contributed by atoms with van der Waals surface area (Å²) < 4.78 is 27.5. The maximum atomic E-state index is 12.6. The second kappa shape index (κ2) is 5.14. The second-order valence-corrected chi connectivity index (χ2v) is 8.43. The lowest BCUT2D eigenvalue weighted by Gasteiger charge is -2.26.